The molecule has 0 aromatic heterocycles. The molecule has 1 atom stereocenters. The van der Waals surface area contributed by atoms with Crippen LogP contribution in [0.4, 0.5) is 10.1 Å². The van der Waals surface area contributed by atoms with Crippen LogP contribution in [0.3, 0.4) is 0 Å². The summed E-state index contributed by atoms with van der Waals surface area (Å²) in [6.07, 6.45) is 1.39. The molecule has 2 aromatic rings. The Kier molecular flexibility index (Phi) is 6.49. The van der Waals surface area contributed by atoms with Crippen molar-refractivity contribution in [3.05, 3.63) is 71.2 Å². The van der Waals surface area contributed by atoms with E-state index in [2.05, 4.69) is 5.32 Å². The number of ether oxygens (including phenoxy) is 2. The number of methoxy groups -OCH3 is 2. The zero-order valence-electron chi connectivity index (χ0n) is 16.6. The number of carbonyl (C=O) groups excluding carboxylic acids is 1. The Hall–Kier alpha value is -2.93. The first-order chi connectivity index (χ1) is 14.0. The van der Waals surface area contributed by atoms with Crippen LogP contribution in [0.5, 0.6) is 5.75 Å². The molecule has 29 heavy (non-hydrogen) atoms. The summed E-state index contributed by atoms with van der Waals surface area (Å²) in [6.45, 7) is 2.02. The second kappa shape index (κ2) is 9.05. The molecule has 0 spiro atoms. The zero-order chi connectivity index (χ0) is 21.0. The van der Waals surface area contributed by atoms with Crippen LogP contribution < -0.4 is 15.0 Å². The van der Waals surface area contributed by atoms with Gasteiger partial charge in [-0.15, -0.1) is 0 Å². The van der Waals surface area contributed by atoms with Crippen LogP contribution in [0, 0.1) is 5.82 Å². The van der Waals surface area contributed by atoms with Gasteiger partial charge in [-0.3, -0.25) is 4.90 Å². The molecule has 1 N–H and O–H groups in total. The number of anilines is 1. The van der Waals surface area contributed by atoms with Gasteiger partial charge in [0, 0.05) is 11.4 Å². The average molecular weight is 415 g/mol. The molecule has 0 saturated heterocycles. The van der Waals surface area contributed by atoms with E-state index < -0.39 is 12.0 Å². The highest BCUT2D eigenvalue weighted by molar-refractivity contribution is 7.80. The number of benzene rings is 2. The molecule has 152 valence electrons. The molecule has 0 radical (unpaired) electrons. The third-order valence-electron chi connectivity index (χ3n) is 4.75. The molecule has 1 heterocycles. The van der Waals surface area contributed by atoms with Crippen molar-refractivity contribution in [3.63, 3.8) is 0 Å². The predicted octanol–water partition coefficient (Wildman–Crippen LogP) is 4.50. The van der Waals surface area contributed by atoms with Gasteiger partial charge in [-0.2, -0.15) is 0 Å². The van der Waals surface area contributed by atoms with Crippen LogP contribution in [0.2, 0.25) is 0 Å². The van der Waals surface area contributed by atoms with Crippen molar-refractivity contribution < 1.29 is 18.7 Å². The summed E-state index contributed by atoms with van der Waals surface area (Å²) in [5.41, 5.74) is 2.56. The summed E-state index contributed by atoms with van der Waals surface area (Å²) < 4.78 is 24.2. The number of thiocarbonyl (C=S) groups is 1. The summed E-state index contributed by atoms with van der Waals surface area (Å²) in [5.74, 6) is -0.137. The second-order valence-corrected chi connectivity index (χ2v) is 6.96. The number of allylic oxidation sites excluding steroid dienone is 1. The van der Waals surface area contributed by atoms with Crippen molar-refractivity contribution >= 4 is 29.0 Å². The van der Waals surface area contributed by atoms with E-state index in [1.54, 1.807) is 19.2 Å². The van der Waals surface area contributed by atoms with E-state index in [1.165, 1.54) is 19.2 Å². The first-order valence-electron chi connectivity index (χ1n) is 9.31. The van der Waals surface area contributed by atoms with Crippen LogP contribution in [0.25, 0.3) is 0 Å². The highest BCUT2D eigenvalue weighted by atomic mass is 32.1. The number of rotatable bonds is 6. The number of halogens is 1. The number of nitrogens with zero attached hydrogens (tertiary/aromatic N) is 1. The van der Waals surface area contributed by atoms with Gasteiger partial charge in [0.1, 0.15) is 11.6 Å². The zero-order valence-corrected chi connectivity index (χ0v) is 17.4. The maximum absolute atomic E-state index is 13.9. The molecule has 0 amide bonds. The summed E-state index contributed by atoms with van der Waals surface area (Å²) in [4.78, 5) is 14.6. The van der Waals surface area contributed by atoms with Crippen molar-refractivity contribution in [2.45, 2.75) is 25.8 Å². The Bertz CT molecular complexity index is 943. The topological polar surface area (TPSA) is 50.8 Å². The van der Waals surface area contributed by atoms with Crippen molar-refractivity contribution in [3.8, 4) is 5.75 Å². The molecule has 2 aromatic carbocycles. The highest BCUT2D eigenvalue weighted by Crippen LogP contribution is 2.36. The van der Waals surface area contributed by atoms with E-state index in [-0.39, 0.29) is 5.82 Å². The number of carbonyl (C=O) groups is 1. The first kappa shape index (κ1) is 20.8. The van der Waals surface area contributed by atoms with Crippen LogP contribution in [-0.2, 0) is 9.53 Å². The van der Waals surface area contributed by atoms with E-state index in [9.17, 15) is 9.18 Å². The van der Waals surface area contributed by atoms with E-state index >= 15 is 0 Å². The lowest BCUT2D eigenvalue weighted by molar-refractivity contribution is -0.136. The standard InChI is InChI=1S/C22H23FN2O3S/c1-4-6-18-19(21(26)28-3)20(14-7-5-8-15(23)13-14)24-22(29)25(18)16-9-11-17(27-2)12-10-16/h5,7-13,20H,4,6H2,1-3H3,(H,24,29)/t20-/m1/s1. The SMILES string of the molecule is CCCC1=C(C(=O)OC)[C@@H](c2cccc(F)c2)NC(=S)N1c1ccc(OC)cc1. The molecule has 0 fully saturated rings. The van der Waals surface area contributed by atoms with E-state index in [0.717, 1.165) is 23.6 Å². The molecule has 7 heteroatoms. The van der Waals surface area contributed by atoms with Gasteiger partial charge in [-0.1, -0.05) is 25.5 Å². The lowest BCUT2D eigenvalue weighted by Crippen LogP contribution is -2.48. The number of hydrogen-bond donors (Lipinski definition) is 1. The minimum absolute atomic E-state index is 0.381. The van der Waals surface area contributed by atoms with Crippen molar-refractivity contribution in [1.29, 1.82) is 0 Å². The fourth-order valence-electron chi connectivity index (χ4n) is 3.44. The van der Waals surface area contributed by atoms with E-state index in [1.807, 2.05) is 36.1 Å². The third-order valence-corrected chi connectivity index (χ3v) is 5.05. The molecule has 1 aliphatic heterocycles. The van der Waals surface area contributed by atoms with Crippen molar-refractivity contribution in [1.82, 2.24) is 5.32 Å². The monoisotopic (exact) mass is 414 g/mol. The third kappa shape index (κ3) is 4.24. The largest absolute Gasteiger partial charge is 0.497 e. The summed E-state index contributed by atoms with van der Waals surface area (Å²) in [7, 11) is 2.94. The van der Waals surface area contributed by atoms with Gasteiger partial charge in [-0.05, 0) is 60.6 Å². The van der Waals surface area contributed by atoms with Gasteiger partial charge >= 0.3 is 5.97 Å². The van der Waals surface area contributed by atoms with Gasteiger partial charge in [0.15, 0.2) is 5.11 Å². The predicted molar refractivity (Wildman–Crippen MR) is 114 cm³/mol. The van der Waals surface area contributed by atoms with Crippen LogP contribution >= 0.6 is 12.2 Å². The fourth-order valence-corrected chi connectivity index (χ4v) is 3.77. The minimum atomic E-state index is -0.596. The molecular weight excluding hydrogens is 391 g/mol. The lowest BCUT2D eigenvalue weighted by atomic mass is 9.92. The van der Waals surface area contributed by atoms with Crippen molar-refractivity contribution in [2.75, 3.05) is 19.1 Å². The molecule has 3 rings (SSSR count). The van der Waals surface area contributed by atoms with Gasteiger partial charge in [0.2, 0.25) is 0 Å². The maximum atomic E-state index is 13.9. The summed E-state index contributed by atoms with van der Waals surface area (Å²) >= 11 is 5.65. The number of hydrogen-bond acceptors (Lipinski definition) is 4. The Morgan fingerprint density at radius 3 is 2.52 bits per heavy atom. The molecular formula is C22H23FN2O3S. The summed E-state index contributed by atoms with van der Waals surface area (Å²) in [6, 6.07) is 13.0. The Morgan fingerprint density at radius 1 is 1.21 bits per heavy atom. The second-order valence-electron chi connectivity index (χ2n) is 6.57. The highest BCUT2D eigenvalue weighted by Gasteiger charge is 2.36. The molecule has 0 saturated carbocycles. The van der Waals surface area contributed by atoms with Gasteiger partial charge in [0.05, 0.1) is 25.8 Å². The quantitative estimate of drug-likeness (QED) is 0.555. The van der Waals surface area contributed by atoms with Gasteiger partial charge in [-0.25, -0.2) is 9.18 Å². The Labute approximate surface area is 175 Å². The normalized spacial score (nSPS) is 16.5. The Balaban J connectivity index is 2.18. The van der Waals surface area contributed by atoms with Gasteiger partial charge in [0.25, 0.3) is 0 Å². The molecule has 0 unspecified atom stereocenters. The molecule has 5 nitrogen and oxygen atoms in total. The van der Waals surface area contributed by atoms with E-state index in [4.69, 9.17) is 21.7 Å². The van der Waals surface area contributed by atoms with Crippen LogP contribution in [-0.4, -0.2) is 25.3 Å². The number of nitrogens with one attached hydrogen (secondary N) is 1. The fraction of sp³-hybridized carbons (Fsp3) is 0.273. The van der Waals surface area contributed by atoms with Crippen LogP contribution in [0.1, 0.15) is 31.4 Å². The molecule has 1 aliphatic rings. The van der Waals surface area contributed by atoms with E-state index in [0.29, 0.717) is 22.7 Å². The van der Waals surface area contributed by atoms with Crippen molar-refractivity contribution in [2.24, 2.45) is 0 Å². The first-order valence-corrected chi connectivity index (χ1v) is 9.72. The smallest absolute Gasteiger partial charge is 0.337 e. The van der Waals surface area contributed by atoms with Crippen LogP contribution in [0.15, 0.2) is 59.8 Å². The minimum Gasteiger partial charge on any atom is -0.497 e. The Morgan fingerprint density at radius 2 is 1.93 bits per heavy atom. The average Bonchev–Trinajstić information content (AvgIpc) is 2.73. The molecule has 0 bridgehead atoms. The number of esters is 1. The maximum Gasteiger partial charge on any atom is 0.337 e. The molecule has 0 aliphatic carbocycles. The van der Waals surface area contributed by atoms with Gasteiger partial charge < -0.3 is 14.8 Å². The summed E-state index contributed by atoms with van der Waals surface area (Å²) in [5, 5.41) is 3.62. The lowest BCUT2D eigenvalue weighted by Gasteiger charge is -2.38.